The van der Waals surface area contributed by atoms with Crippen molar-refractivity contribution in [2.45, 2.75) is 0 Å². The first-order chi connectivity index (χ1) is 11.0. The van der Waals surface area contributed by atoms with E-state index in [-0.39, 0.29) is 10.8 Å². The maximum Gasteiger partial charge on any atom is 0.287 e. The number of rotatable bonds is 5. The van der Waals surface area contributed by atoms with E-state index < -0.39 is 4.92 Å². The summed E-state index contributed by atoms with van der Waals surface area (Å²) in [5.41, 5.74) is 0.555. The summed E-state index contributed by atoms with van der Waals surface area (Å²) in [6, 6.07) is 8.05. The van der Waals surface area contributed by atoms with Crippen molar-refractivity contribution in [3.63, 3.8) is 0 Å². The number of anilines is 2. The highest BCUT2D eigenvalue weighted by Gasteiger charge is 2.09. The Morgan fingerprint density at radius 1 is 1.22 bits per heavy atom. The molecule has 0 aliphatic carbocycles. The van der Waals surface area contributed by atoms with Crippen LogP contribution in [0.5, 0.6) is 11.5 Å². The first kappa shape index (κ1) is 16.4. The van der Waals surface area contributed by atoms with Crippen LogP contribution in [0.4, 0.5) is 17.2 Å². The van der Waals surface area contributed by atoms with Crippen molar-refractivity contribution in [2.24, 2.45) is 0 Å². The molecule has 2 aromatic rings. The summed E-state index contributed by atoms with van der Waals surface area (Å²) in [7, 11) is 3.10. The monoisotopic (exact) mass is 334 g/mol. The van der Waals surface area contributed by atoms with Crippen molar-refractivity contribution >= 4 is 34.5 Å². The van der Waals surface area contributed by atoms with Gasteiger partial charge >= 0.3 is 0 Å². The van der Waals surface area contributed by atoms with E-state index in [0.29, 0.717) is 23.0 Å². The van der Waals surface area contributed by atoms with Gasteiger partial charge in [0.2, 0.25) is 0 Å². The number of hydrogen-bond acceptors (Lipinski definition) is 6. The Balaban J connectivity index is 2.06. The Morgan fingerprint density at radius 2 is 2.00 bits per heavy atom. The first-order valence-corrected chi connectivity index (χ1v) is 6.85. The second-order valence-electron chi connectivity index (χ2n) is 4.30. The molecule has 0 fully saturated rings. The number of thiocarbonyl (C=S) groups is 1. The Hall–Kier alpha value is -2.94. The van der Waals surface area contributed by atoms with E-state index in [1.807, 2.05) is 0 Å². The van der Waals surface area contributed by atoms with Crippen LogP contribution in [0.3, 0.4) is 0 Å². The minimum atomic E-state index is -0.518. The van der Waals surface area contributed by atoms with E-state index in [1.54, 1.807) is 25.3 Å². The molecule has 1 heterocycles. The molecular formula is C14H14N4O4S. The first-order valence-electron chi connectivity index (χ1n) is 6.44. The van der Waals surface area contributed by atoms with Crippen molar-refractivity contribution < 1.29 is 14.4 Å². The molecule has 0 bridgehead atoms. The third kappa shape index (κ3) is 4.27. The van der Waals surface area contributed by atoms with Gasteiger partial charge in [0, 0.05) is 12.1 Å². The number of methoxy groups -OCH3 is 2. The molecule has 23 heavy (non-hydrogen) atoms. The molecule has 0 aliphatic rings. The molecule has 0 unspecified atom stereocenters. The predicted molar refractivity (Wildman–Crippen MR) is 90.3 cm³/mol. The maximum atomic E-state index is 10.6. The van der Waals surface area contributed by atoms with Crippen molar-refractivity contribution in [2.75, 3.05) is 24.9 Å². The summed E-state index contributed by atoms with van der Waals surface area (Å²) in [5, 5.41) is 16.7. The molecule has 0 aliphatic heterocycles. The molecule has 0 saturated heterocycles. The van der Waals surface area contributed by atoms with E-state index in [9.17, 15) is 10.1 Å². The van der Waals surface area contributed by atoms with Crippen molar-refractivity contribution in [1.82, 2.24) is 4.98 Å². The molecule has 1 aromatic carbocycles. The molecular weight excluding hydrogens is 320 g/mol. The molecule has 9 heteroatoms. The number of hydrogen-bond donors (Lipinski definition) is 2. The lowest BCUT2D eigenvalue weighted by molar-refractivity contribution is -0.385. The van der Waals surface area contributed by atoms with Gasteiger partial charge in [0.1, 0.15) is 23.5 Å². The van der Waals surface area contributed by atoms with Gasteiger partial charge in [-0.05, 0) is 30.4 Å². The Morgan fingerprint density at radius 3 is 2.57 bits per heavy atom. The summed E-state index contributed by atoms with van der Waals surface area (Å²) in [5.74, 6) is 1.61. The number of nitrogens with zero attached hydrogens (tertiary/aromatic N) is 2. The van der Waals surface area contributed by atoms with Gasteiger partial charge < -0.3 is 20.1 Å². The lowest BCUT2D eigenvalue weighted by atomic mass is 10.2. The highest BCUT2D eigenvalue weighted by atomic mass is 32.1. The van der Waals surface area contributed by atoms with E-state index in [2.05, 4.69) is 15.6 Å². The zero-order chi connectivity index (χ0) is 16.8. The largest absolute Gasteiger partial charge is 0.497 e. The van der Waals surface area contributed by atoms with Gasteiger partial charge in [-0.2, -0.15) is 0 Å². The van der Waals surface area contributed by atoms with E-state index >= 15 is 0 Å². The zero-order valence-electron chi connectivity index (χ0n) is 12.4. The summed E-state index contributed by atoms with van der Waals surface area (Å²) in [6.45, 7) is 0. The SMILES string of the molecule is COc1ccc(NC(=S)Nc2ccc([N+](=O)[O-])cn2)c(OC)c1. The average molecular weight is 334 g/mol. The number of nitrogens with one attached hydrogen (secondary N) is 2. The highest BCUT2D eigenvalue weighted by Crippen LogP contribution is 2.29. The highest BCUT2D eigenvalue weighted by molar-refractivity contribution is 7.80. The van der Waals surface area contributed by atoms with Crippen LogP contribution in [-0.2, 0) is 0 Å². The Kier molecular flexibility index (Phi) is 5.26. The molecule has 2 rings (SSSR count). The molecule has 120 valence electrons. The standard InChI is InChI=1S/C14H14N4O4S/c1-21-10-4-5-11(12(7-10)22-2)16-14(23)17-13-6-3-9(8-15-13)18(19)20/h3-8H,1-2H3,(H2,15,16,17,23). The summed E-state index contributed by atoms with van der Waals surface area (Å²) in [4.78, 5) is 14.0. The molecule has 0 amide bonds. The van der Waals surface area contributed by atoms with E-state index in [0.717, 1.165) is 6.20 Å². The third-order valence-corrected chi connectivity index (χ3v) is 3.06. The Labute approximate surface area is 137 Å². The van der Waals surface area contributed by atoms with Crippen LogP contribution in [0.15, 0.2) is 36.5 Å². The number of nitro groups is 1. The number of aromatic nitrogens is 1. The maximum absolute atomic E-state index is 10.6. The van der Waals surface area contributed by atoms with Crippen molar-refractivity contribution in [1.29, 1.82) is 0 Å². The smallest absolute Gasteiger partial charge is 0.287 e. The average Bonchev–Trinajstić information content (AvgIpc) is 2.55. The van der Waals surface area contributed by atoms with E-state index in [4.69, 9.17) is 21.7 Å². The van der Waals surface area contributed by atoms with Gasteiger partial charge in [-0.3, -0.25) is 10.1 Å². The zero-order valence-corrected chi connectivity index (χ0v) is 13.2. The van der Waals surface area contributed by atoms with Gasteiger partial charge in [0.25, 0.3) is 5.69 Å². The third-order valence-electron chi connectivity index (χ3n) is 2.86. The number of pyridine rings is 1. The van der Waals surface area contributed by atoms with Crippen LogP contribution >= 0.6 is 12.2 Å². The number of benzene rings is 1. The lowest BCUT2D eigenvalue weighted by Crippen LogP contribution is -2.20. The molecule has 8 nitrogen and oxygen atoms in total. The van der Waals surface area contributed by atoms with Crippen LogP contribution < -0.4 is 20.1 Å². The minimum absolute atomic E-state index is 0.0914. The van der Waals surface area contributed by atoms with Crippen molar-refractivity contribution in [3.05, 3.63) is 46.6 Å². The van der Waals surface area contributed by atoms with Crippen LogP contribution in [0.25, 0.3) is 0 Å². The van der Waals surface area contributed by atoms with Crippen LogP contribution in [0.1, 0.15) is 0 Å². The van der Waals surface area contributed by atoms with Gasteiger partial charge in [-0.1, -0.05) is 0 Å². The van der Waals surface area contributed by atoms with Gasteiger partial charge in [0.05, 0.1) is 24.8 Å². The summed E-state index contributed by atoms with van der Waals surface area (Å²) < 4.78 is 10.4. The Bertz CT molecular complexity index is 721. The second kappa shape index (κ2) is 7.36. The number of ether oxygens (including phenoxy) is 2. The second-order valence-corrected chi connectivity index (χ2v) is 4.71. The lowest BCUT2D eigenvalue weighted by Gasteiger charge is -2.13. The molecule has 0 saturated carbocycles. The van der Waals surface area contributed by atoms with Crippen LogP contribution in [0.2, 0.25) is 0 Å². The summed E-state index contributed by atoms with van der Waals surface area (Å²) in [6.07, 6.45) is 1.15. The fourth-order valence-electron chi connectivity index (χ4n) is 1.74. The van der Waals surface area contributed by atoms with E-state index in [1.165, 1.54) is 19.2 Å². The minimum Gasteiger partial charge on any atom is -0.497 e. The topological polar surface area (TPSA) is 98.5 Å². The fourth-order valence-corrected chi connectivity index (χ4v) is 1.95. The summed E-state index contributed by atoms with van der Waals surface area (Å²) >= 11 is 5.19. The molecule has 1 aromatic heterocycles. The van der Waals surface area contributed by atoms with Crippen LogP contribution in [0, 0.1) is 10.1 Å². The molecule has 0 atom stereocenters. The quantitative estimate of drug-likeness (QED) is 0.489. The predicted octanol–water partition coefficient (Wildman–Crippen LogP) is 2.82. The van der Waals surface area contributed by atoms with Gasteiger partial charge in [-0.25, -0.2) is 4.98 Å². The molecule has 0 radical (unpaired) electrons. The van der Waals surface area contributed by atoms with Gasteiger partial charge in [0.15, 0.2) is 5.11 Å². The van der Waals surface area contributed by atoms with Gasteiger partial charge in [-0.15, -0.1) is 0 Å². The van der Waals surface area contributed by atoms with Crippen molar-refractivity contribution in [3.8, 4) is 11.5 Å². The molecule has 2 N–H and O–H groups in total. The molecule has 0 spiro atoms. The normalized spacial score (nSPS) is 9.83. The van der Waals surface area contributed by atoms with Crippen LogP contribution in [-0.4, -0.2) is 29.2 Å². The fraction of sp³-hybridized carbons (Fsp3) is 0.143.